The molecule has 0 heterocycles. The van der Waals surface area contributed by atoms with Crippen molar-refractivity contribution in [3.05, 3.63) is 23.8 Å². The van der Waals surface area contributed by atoms with Gasteiger partial charge in [-0.05, 0) is 38.0 Å². The van der Waals surface area contributed by atoms with E-state index in [0.29, 0.717) is 30.2 Å². The van der Waals surface area contributed by atoms with Gasteiger partial charge in [0.05, 0.1) is 19.3 Å². The van der Waals surface area contributed by atoms with Crippen LogP contribution in [0.5, 0.6) is 11.5 Å². The molecule has 118 valence electrons. The summed E-state index contributed by atoms with van der Waals surface area (Å²) < 4.78 is 10.7. The third kappa shape index (κ3) is 4.11. The molecule has 1 aromatic rings. The van der Waals surface area contributed by atoms with Crippen molar-refractivity contribution in [2.45, 2.75) is 33.2 Å². The topological polar surface area (TPSA) is 73.6 Å². The lowest BCUT2D eigenvalue weighted by Gasteiger charge is -2.33. The molecule has 0 bridgehead atoms. The van der Waals surface area contributed by atoms with Gasteiger partial charge in [-0.25, -0.2) is 0 Å². The van der Waals surface area contributed by atoms with Gasteiger partial charge in [-0.15, -0.1) is 0 Å². The first kappa shape index (κ1) is 17.3. The molecular formula is C16H26N2O3. The van der Waals surface area contributed by atoms with E-state index >= 15 is 0 Å². The minimum absolute atomic E-state index is 0.169. The van der Waals surface area contributed by atoms with Crippen molar-refractivity contribution in [3.63, 3.8) is 0 Å². The molecule has 5 nitrogen and oxygen atoms in total. The molecule has 0 fully saturated rings. The summed E-state index contributed by atoms with van der Waals surface area (Å²) in [6, 6.07) is 5.14. The number of benzene rings is 1. The van der Waals surface area contributed by atoms with Crippen LogP contribution >= 0.6 is 0 Å². The molecule has 3 N–H and O–H groups in total. The number of rotatable bonds is 7. The van der Waals surface area contributed by atoms with Crippen molar-refractivity contribution < 1.29 is 14.3 Å². The number of methoxy groups -OCH3 is 1. The van der Waals surface area contributed by atoms with E-state index in [9.17, 15) is 4.79 Å². The Hall–Kier alpha value is -1.75. The highest BCUT2D eigenvalue weighted by atomic mass is 16.5. The first-order valence-corrected chi connectivity index (χ1v) is 7.21. The van der Waals surface area contributed by atoms with Crippen molar-refractivity contribution in [1.29, 1.82) is 0 Å². The summed E-state index contributed by atoms with van der Waals surface area (Å²) in [7, 11) is 1.55. The molecule has 1 unspecified atom stereocenters. The normalized spacial score (nSPS) is 13.7. The monoisotopic (exact) mass is 294 g/mol. The van der Waals surface area contributed by atoms with Crippen LogP contribution in [0.2, 0.25) is 0 Å². The molecule has 1 atom stereocenters. The molecule has 1 amide bonds. The molecule has 0 aliphatic heterocycles. The van der Waals surface area contributed by atoms with Gasteiger partial charge < -0.3 is 20.5 Å². The lowest BCUT2D eigenvalue weighted by Crippen LogP contribution is -2.55. The molecule has 5 heteroatoms. The molecule has 1 rings (SSSR count). The van der Waals surface area contributed by atoms with Crippen LogP contribution in [0, 0.1) is 5.92 Å². The molecule has 1 aromatic carbocycles. The summed E-state index contributed by atoms with van der Waals surface area (Å²) in [6.45, 7) is 8.83. The molecular weight excluding hydrogens is 268 g/mol. The number of carbonyl (C=O) groups is 1. The fourth-order valence-corrected chi connectivity index (χ4v) is 1.85. The Morgan fingerprint density at radius 2 is 2.05 bits per heavy atom. The van der Waals surface area contributed by atoms with Gasteiger partial charge in [-0.1, -0.05) is 13.8 Å². The molecule has 0 saturated carbocycles. The van der Waals surface area contributed by atoms with E-state index in [1.165, 1.54) is 0 Å². The third-order valence-electron chi connectivity index (χ3n) is 3.82. The second-order valence-electron chi connectivity index (χ2n) is 5.53. The molecule has 21 heavy (non-hydrogen) atoms. The van der Waals surface area contributed by atoms with Crippen molar-refractivity contribution in [2.24, 2.45) is 11.7 Å². The number of nitrogens with one attached hydrogen (secondary N) is 1. The van der Waals surface area contributed by atoms with E-state index in [-0.39, 0.29) is 11.8 Å². The lowest BCUT2D eigenvalue weighted by atomic mass is 9.88. The van der Waals surface area contributed by atoms with E-state index in [0.717, 1.165) is 0 Å². The maximum atomic E-state index is 12.4. The van der Waals surface area contributed by atoms with Gasteiger partial charge in [0.15, 0.2) is 11.5 Å². The second kappa shape index (κ2) is 7.31. The number of amides is 1. The maximum Gasteiger partial charge on any atom is 0.251 e. The highest BCUT2D eigenvalue weighted by Crippen LogP contribution is 2.28. The average Bonchev–Trinajstić information content (AvgIpc) is 2.47. The highest BCUT2D eigenvalue weighted by molar-refractivity contribution is 5.95. The Bertz CT molecular complexity index is 488. The van der Waals surface area contributed by atoms with Gasteiger partial charge in [0, 0.05) is 12.1 Å². The molecule has 0 aromatic heterocycles. The molecule has 0 radical (unpaired) electrons. The van der Waals surface area contributed by atoms with Crippen LogP contribution in [0.15, 0.2) is 18.2 Å². The predicted octanol–water partition coefficient (Wildman–Crippen LogP) is 2.20. The predicted molar refractivity (Wildman–Crippen MR) is 83.9 cm³/mol. The minimum atomic E-state index is -0.442. The number of ether oxygens (including phenoxy) is 2. The van der Waals surface area contributed by atoms with Crippen molar-refractivity contribution >= 4 is 5.91 Å². The largest absolute Gasteiger partial charge is 0.493 e. The fourth-order valence-electron chi connectivity index (χ4n) is 1.85. The van der Waals surface area contributed by atoms with Crippen molar-refractivity contribution in [2.75, 3.05) is 20.3 Å². The standard InChI is InChI=1S/C16H26N2O3/c1-6-21-13-8-7-12(9-14(13)20-5)15(19)18-16(4,10-17)11(2)3/h7-9,11H,6,10,17H2,1-5H3,(H,18,19). The Morgan fingerprint density at radius 3 is 2.52 bits per heavy atom. The van der Waals surface area contributed by atoms with Crippen molar-refractivity contribution in [1.82, 2.24) is 5.32 Å². The van der Waals surface area contributed by atoms with E-state index < -0.39 is 5.54 Å². The quantitative estimate of drug-likeness (QED) is 0.808. The third-order valence-corrected chi connectivity index (χ3v) is 3.82. The zero-order valence-corrected chi connectivity index (χ0v) is 13.5. The summed E-state index contributed by atoms with van der Waals surface area (Å²) in [4.78, 5) is 12.4. The Morgan fingerprint density at radius 1 is 1.38 bits per heavy atom. The molecule has 0 aliphatic rings. The number of hydrogen-bond donors (Lipinski definition) is 2. The number of hydrogen-bond acceptors (Lipinski definition) is 4. The zero-order chi connectivity index (χ0) is 16.0. The minimum Gasteiger partial charge on any atom is -0.493 e. The van der Waals surface area contributed by atoms with Gasteiger partial charge in [0.25, 0.3) is 5.91 Å². The summed E-state index contributed by atoms with van der Waals surface area (Å²) in [5, 5.41) is 3.00. The Labute approximate surface area is 126 Å². The number of carbonyl (C=O) groups excluding carboxylic acids is 1. The summed E-state index contributed by atoms with van der Waals surface area (Å²) in [5.41, 5.74) is 5.88. The van der Waals surface area contributed by atoms with Crippen LogP contribution in [0.25, 0.3) is 0 Å². The van der Waals surface area contributed by atoms with Crippen LogP contribution < -0.4 is 20.5 Å². The van der Waals surface area contributed by atoms with Crippen LogP contribution in [0.1, 0.15) is 38.1 Å². The first-order chi connectivity index (χ1) is 9.87. The Balaban J connectivity index is 2.98. The van der Waals surface area contributed by atoms with Gasteiger partial charge in [0.2, 0.25) is 0 Å². The van der Waals surface area contributed by atoms with Crippen molar-refractivity contribution in [3.8, 4) is 11.5 Å². The fraction of sp³-hybridized carbons (Fsp3) is 0.562. The summed E-state index contributed by atoms with van der Waals surface area (Å²) >= 11 is 0. The molecule has 0 saturated heterocycles. The SMILES string of the molecule is CCOc1ccc(C(=O)NC(C)(CN)C(C)C)cc1OC. The highest BCUT2D eigenvalue weighted by Gasteiger charge is 2.29. The molecule has 0 aliphatic carbocycles. The van der Waals surface area contributed by atoms with Gasteiger partial charge >= 0.3 is 0 Å². The summed E-state index contributed by atoms with van der Waals surface area (Å²) in [6.07, 6.45) is 0. The maximum absolute atomic E-state index is 12.4. The summed E-state index contributed by atoms with van der Waals surface area (Å²) in [5.74, 6) is 1.24. The zero-order valence-electron chi connectivity index (χ0n) is 13.5. The average molecular weight is 294 g/mol. The van der Waals surface area contributed by atoms with Crippen LogP contribution in [-0.2, 0) is 0 Å². The molecule has 0 spiro atoms. The van der Waals surface area contributed by atoms with E-state index in [2.05, 4.69) is 5.32 Å². The van der Waals surface area contributed by atoms with E-state index in [4.69, 9.17) is 15.2 Å². The number of nitrogens with two attached hydrogens (primary N) is 1. The Kier molecular flexibility index (Phi) is 6.03. The van der Waals surface area contributed by atoms with Crippen LogP contribution in [0.4, 0.5) is 0 Å². The van der Waals surface area contributed by atoms with E-state index in [1.807, 2.05) is 27.7 Å². The van der Waals surface area contributed by atoms with Crippen LogP contribution in [-0.4, -0.2) is 31.7 Å². The van der Waals surface area contributed by atoms with E-state index in [1.54, 1.807) is 25.3 Å². The smallest absolute Gasteiger partial charge is 0.251 e. The van der Waals surface area contributed by atoms with Crippen LogP contribution in [0.3, 0.4) is 0 Å². The lowest BCUT2D eigenvalue weighted by molar-refractivity contribution is 0.0883. The van der Waals surface area contributed by atoms with Gasteiger partial charge in [0.1, 0.15) is 0 Å². The second-order valence-corrected chi connectivity index (χ2v) is 5.53. The van der Waals surface area contributed by atoms with Gasteiger partial charge in [-0.2, -0.15) is 0 Å². The first-order valence-electron chi connectivity index (χ1n) is 7.21. The van der Waals surface area contributed by atoms with Gasteiger partial charge in [-0.3, -0.25) is 4.79 Å².